The predicted octanol–water partition coefficient (Wildman–Crippen LogP) is 3.28. The second-order valence-electron chi connectivity index (χ2n) is 3.60. The van der Waals surface area contributed by atoms with Crippen LogP contribution in [0.1, 0.15) is 18.7 Å². The van der Waals surface area contributed by atoms with E-state index in [9.17, 15) is 0 Å². The summed E-state index contributed by atoms with van der Waals surface area (Å²) in [5.74, 6) is 1.29. The molecule has 1 aromatic heterocycles. The fraction of sp³-hybridized carbons (Fsp3) is 0.600. The summed E-state index contributed by atoms with van der Waals surface area (Å²) in [5.41, 5.74) is 5.63. The van der Waals surface area contributed by atoms with E-state index < -0.39 is 0 Å². The lowest BCUT2D eigenvalue weighted by Crippen LogP contribution is -2.19. The number of hydrogen-bond donors (Lipinski definition) is 1. The van der Waals surface area contributed by atoms with Crippen LogP contribution in [0.15, 0.2) is 15.9 Å². The van der Waals surface area contributed by atoms with Gasteiger partial charge >= 0.3 is 0 Å². The first kappa shape index (κ1) is 11.2. The van der Waals surface area contributed by atoms with Gasteiger partial charge in [-0.1, -0.05) is 13.8 Å². The third kappa shape index (κ3) is 3.41. The first-order valence-corrected chi connectivity index (χ1v) is 6.18. The van der Waals surface area contributed by atoms with Gasteiger partial charge in [0.1, 0.15) is 0 Å². The molecule has 0 fully saturated rings. The quantitative estimate of drug-likeness (QED) is 0.885. The molecular formula is C10H16BrNS. The van der Waals surface area contributed by atoms with Crippen LogP contribution in [0, 0.1) is 11.8 Å². The molecule has 3 heteroatoms. The molecule has 2 N–H and O–H groups in total. The third-order valence-corrected chi connectivity index (χ3v) is 4.14. The predicted molar refractivity (Wildman–Crippen MR) is 63.1 cm³/mol. The van der Waals surface area contributed by atoms with Crippen LogP contribution in [0.2, 0.25) is 0 Å². The minimum Gasteiger partial charge on any atom is -0.330 e. The highest BCUT2D eigenvalue weighted by Gasteiger charge is 2.11. The molecule has 1 rings (SSSR count). The van der Waals surface area contributed by atoms with Gasteiger partial charge in [-0.2, -0.15) is 0 Å². The molecule has 1 heterocycles. The topological polar surface area (TPSA) is 26.0 Å². The van der Waals surface area contributed by atoms with Gasteiger partial charge in [-0.3, -0.25) is 0 Å². The van der Waals surface area contributed by atoms with Crippen LogP contribution in [0.25, 0.3) is 0 Å². The molecule has 0 radical (unpaired) electrons. The summed E-state index contributed by atoms with van der Waals surface area (Å²) in [6, 6.07) is 4.30. The van der Waals surface area contributed by atoms with Gasteiger partial charge in [-0.25, -0.2) is 0 Å². The van der Waals surface area contributed by atoms with Crippen molar-refractivity contribution in [2.75, 3.05) is 6.54 Å². The van der Waals surface area contributed by atoms with Gasteiger partial charge in [0.25, 0.3) is 0 Å². The normalized spacial score (nSPS) is 15.7. The fourth-order valence-corrected chi connectivity index (χ4v) is 2.84. The maximum Gasteiger partial charge on any atom is 0.0701 e. The first-order chi connectivity index (χ1) is 6.13. The lowest BCUT2D eigenvalue weighted by molar-refractivity contribution is 0.396. The van der Waals surface area contributed by atoms with Crippen LogP contribution in [0.3, 0.4) is 0 Å². The van der Waals surface area contributed by atoms with E-state index in [1.165, 1.54) is 8.66 Å². The standard InChI is InChI=1S/C10H16BrNS/c1-7(8(2)6-12)5-9-3-4-10(11)13-9/h3-4,7-8H,5-6,12H2,1-2H3. The minimum absolute atomic E-state index is 0.612. The Balaban J connectivity index is 2.49. The Morgan fingerprint density at radius 3 is 2.54 bits per heavy atom. The molecule has 0 aliphatic carbocycles. The zero-order chi connectivity index (χ0) is 9.84. The zero-order valence-electron chi connectivity index (χ0n) is 8.09. The SMILES string of the molecule is CC(CN)C(C)Cc1ccc(Br)s1. The van der Waals surface area contributed by atoms with Crippen LogP contribution < -0.4 is 5.73 Å². The fourth-order valence-electron chi connectivity index (χ4n) is 1.21. The number of hydrogen-bond acceptors (Lipinski definition) is 2. The van der Waals surface area contributed by atoms with E-state index in [1.54, 1.807) is 0 Å². The number of thiophene rings is 1. The Bertz CT molecular complexity index is 259. The maximum atomic E-state index is 5.63. The van der Waals surface area contributed by atoms with Gasteiger partial charge in [0, 0.05) is 4.88 Å². The third-order valence-electron chi connectivity index (χ3n) is 2.50. The van der Waals surface area contributed by atoms with E-state index in [1.807, 2.05) is 11.3 Å². The average molecular weight is 262 g/mol. The van der Waals surface area contributed by atoms with Gasteiger partial charge in [0.2, 0.25) is 0 Å². The molecule has 0 spiro atoms. The van der Waals surface area contributed by atoms with E-state index in [-0.39, 0.29) is 0 Å². The van der Waals surface area contributed by atoms with Crippen LogP contribution in [-0.2, 0) is 6.42 Å². The van der Waals surface area contributed by atoms with Crippen molar-refractivity contribution >= 4 is 27.3 Å². The first-order valence-electron chi connectivity index (χ1n) is 4.57. The van der Waals surface area contributed by atoms with Crippen LogP contribution >= 0.6 is 27.3 Å². The second-order valence-corrected chi connectivity index (χ2v) is 6.15. The molecule has 0 aliphatic rings. The van der Waals surface area contributed by atoms with Crippen LogP contribution in [0.5, 0.6) is 0 Å². The number of rotatable bonds is 4. The largest absolute Gasteiger partial charge is 0.330 e. The molecule has 2 unspecified atom stereocenters. The molecule has 0 aliphatic heterocycles. The Kier molecular flexibility index (Phi) is 4.42. The lowest BCUT2D eigenvalue weighted by Gasteiger charge is -2.16. The molecule has 74 valence electrons. The highest BCUT2D eigenvalue weighted by atomic mass is 79.9. The molecule has 1 aromatic rings. The Morgan fingerprint density at radius 2 is 2.08 bits per heavy atom. The van der Waals surface area contributed by atoms with Gasteiger partial charge in [0.15, 0.2) is 0 Å². The van der Waals surface area contributed by atoms with E-state index >= 15 is 0 Å². The van der Waals surface area contributed by atoms with Crippen molar-refractivity contribution in [2.24, 2.45) is 17.6 Å². The van der Waals surface area contributed by atoms with E-state index in [0.717, 1.165) is 13.0 Å². The van der Waals surface area contributed by atoms with Crippen LogP contribution in [0.4, 0.5) is 0 Å². The van der Waals surface area contributed by atoms with Crippen molar-refractivity contribution in [2.45, 2.75) is 20.3 Å². The van der Waals surface area contributed by atoms with Crippen molar-refractivity contribution in [3.8, 4) is 0 Å². The molecule has 0 saturated carbocycles. The molecule has 0 aromatic carbocycles. The van der Waals surface area contributed by atoms with Gasteiger partial charge in [-0.15, -0.1) is 11.3 Å². The summed E-state index contributed by atoms with van der Waals surface area (Å²) in [6.07, 6.45) is 1.15. The lowest BCUT2D eigenvalue weighted by atomic mass is 9.92. The maximum absolute atomic E-state index is 5.63. The summed E-state index contributed by atoms with van der Waals surface area (Å²) >= 11 is 5.29. The van der Waals surface area contributed by atoms with Crippen LogP contribution in [-0.4, -0.2) is 6.54 Å². The molecular weight excluding hydrogens is 246 g/mol. The van der Waals surface area contributed by atoms with Gasteiger partial charge in [0.05, 0.1) is 3.79 Å². The molecule has 0 saturated heterocycles. The Labute approximate surface area is 92.5 Å². The van der Waals surface area contributed by atoms with Crippen molar-refractivity contribution in [1.82, 2.24) is 0 Å². The van der Waals surface area contributed by atoms with Crippen molar-refractivity contribution in [1.29, 1.82) is 0 Å². The molecule has 0 bridgehead atoms. The average Bonchev–Trinajstić information content (AvgIpc) is 2.49. The minimum atomic E-state index is 0.612. The second kappa shape index (κ2) is 5.13. The number of halogens is 1. The van der Waals surface area contributed by atoms with Crippen molar-refractivity contribution in [3.05, 3.63) is 20.8 Å². The Morgan fingerprint density at radius 1 is 1.38 bits per heavy atom. The summed E-state index contributed by atoms with van der Waals surface area (Å²) in [7, 11) is 0. The Hall–Kier alpha value is 0.140. The highest BCUT2D eigenvalue weighted by Crippen LogP contribution is 2.26. The highest BCUT2D eigenvalue weighted by molar-refractivity contribution is 9.11. The van der Waals surface area contributed by atoms with E-state index in [2.05, 4.69) is 41.9 Å². The summed E-state index contributed by atoms with van der Waals surface area (Å²) in [5, 5.41) is 0. The summed E-state index contributed by atoms with van der Waals surface area (Å²) in [4.78, 5) is 1.44. The van der Waals surface area contributed by atoms with Crippen molar-refractivity contribution < 1.29 is 0 Å². The van der Waals surface area contributed by atoms with Gasteiger partial charge in [-0.05, 0) is 52.9 Å². The summed E-state index contributed by atoms with van der Waals surface area (Å²) in [6.45, 7) is 5.27. The van der Waals surface area contributed by atoms with Gasteiger partial charge < -0.3 is 5.73 Å². The van der Waals surface area contributed by atoms with E-state index in [0.29, 0.717) is 11.8 Å². The van der Waals surface area contributed by atoms with E-state index in [4.69, 9.17) is 5.73 Å². The molecule has 13 heavy (non-hydrogen) atoms. The smallest absolute Gasteiger partial charge is 0.0701 e. The molecule has 0 amide bonds. The molecule has 1 nitrogen and oxygen atoms in total. The number of nitrogens with two attached hydrogens (primary N) is 1. The molecule has 2 atom stereocenters. The zero-order valence-corrected chi connectivity index (χ0v) is 10.5. The monoisotopic (exact) mass is 261 g/mol. The van der Waals surface area contributed by atoms with Crippen molar-refractivity contribution in [3.63, 3.8) is 0 Å². The summed E-state index contributed by atoms with van der Waals surface area (Å²) < 4.78 is 1.22.